The summed E-state index contributed by atoms with van der Waals surface area (Å²) in [5.41, 5.74) is 9.18. The average molecular weight is 199 g/mol. The minimum absolute atomic E-state index is 0.430. The van der Waals surface area contributed by atoms with Gasteiger partial charge in [-0.25, -0.2) is 0 Å². The van der Waals surface area contributed by atoms with Crippen molar-refractivity contribution in [2.24, 2.45) is 5.73 Å². The molecule has 1 amide bonds. The molecule has 2 nitrogen and oxygen atoms in total. The summed E-state index contributed by atoms with van der Waals surface area (Å²) in [6, 6.07) is 8.22. The quantitative estimate of drug-likeness (QED) is 0.724. The van der Waals surface area contributed by atoms with Crippen LogP contribution in [0.5, 0.6) is 0 Å². The van der Waals surface area contributed by atoms with Crippen molar-refractivity contribution in [2.75, 3.05) is 0 Å². The van der Waals surface area contributed by atoms with Crippen LogP contribution in [-0.2, 0) is 17.6 Å². The standard InChI is InChI=1S/C13H13NO/c1-9(13(14)15)11-7-6-10-4-2-3-5-12(10)8-11/h2-5,7H,1,6,8H2,(H2,14,15). The van der Waals surface area contributed by atoms with Crippen molar-refractivity contribution in [1.82, 2.24) is 0 Å². The number of amides is 1. The monoisotopic (exact) mass is 199 g/mol. The first-order valence-electron chi connectivity index (χ1n) is 4.93. The zero-order valence-corrected chi connectivity index (χ0v) is 8.49. The Hall–Kier alpha value is -1.83. The van der Waals surface area contributed by atoms with Crippen LogP contribution in [0.1, 0.15) is 11.1 Å². The molecule has 15 heavy (non-hydrogen) atoms. The van der Waals surface area contributed by atoms with Crippen molar-refractivity contribution < 1.29 is 4.79 Å². The van der Waals surface area contributed by atoms with Gasteiger partial charge in [0.15, 0.2) is 0 Å². The number of allylic oxidation sites excluding steroid dienone is 1. The Morgan fingerprint density at radius 3 is 2.60 bits per heavy atom. The lowest BCUT2D eigenvalue weighted by Crippen LogP contribution is -2.17. The van der Waals surface area contributed by atoms with E-state index in [2.05, 4.69) is 18.7 Å². The molecule has 0 saturated heterocycles. The zero-order chi connectivity index (χ0) is 10.8. The summed E-state index contributed by atoms with van der Waals surface area (Å²) >= 11 is 0. The van der Waals surface area contributed by atoms with Crippen LogP contribution in [0.15, 0.2) is 48.1 Å². The van der Waals surface area contributed by atoms with Crippen molar-refractivity contribution in [1.29, 1.82) is 0 Å². The number of fused-ring (bicyclic) bond motifs is 1. The molecule has 2 N–H and O–H groups in total. The van der Waals surface area contributed by atoms with Gasteiger partial charge in [-0.05, 0) is 29.5 Å². The van der Waals surface area contributed by atoms with Crippen LogP contribution in [0.4, 0.5) is 0 Å². The van der Waals surface area contributed by atoms with E-state index in [-0.39, 0.29) is 0 Å². The van der Waals surface area contributed by atoms with Crippen LogP contribution in [-0.4, -0.2) is 5.91 Å². The van der Waals surface area contributed by atoms with E-state index in [1.165, 1.54) is 11.1 Å². The van der Waals surface area contributed by atoms with E-state index in [0.717, 1.165) is 18.4 Å². The lowest BCUT2D eigenvalue weighted by atomic mass is 9.88. The SMILES string of the molecule is C=C(C(N)=O)C1=CCc2ccccc2C1. The first kappa shape index (κ1) is 9.71. The summed E-state index contributed by atoms with van der Waals surface area (Å²) in [5, 5.41) is 0. The Labute approximate surface area is 89.1 Å². The van der Waals surface area contributed by atoms with E-state index in [4.69, 9.17) is 5.73 Å². The lowest BCUT2D eigenvalue weighted by molar-refractivity contribution is -0.114. The minimum Gasteiger partial charge on any atom is -0.366 e. The van der Waals surface area contributed by atoms with Gasteiger partial charge in [0.05, 0.1) is 0 Å². The maximum absolute atomic E-state index is 11.0. The third-order valence-electron chi connectivity index (χ3n) is 2.75. The van der Waals surface area contributed by atoms with Crippen LogP contribution in [0, 0.1) is 0 Å². The molecule has 0 radical (unpaired) electrons. The van der Waals surface area contributed by atoms with E-state index in [1.54, 1.807) is 0 Å². The Kier molecular flexibility index (Phi) is 2.42. The van der Waals surface area contributed by atoms with Gasteiger partial charge < -0.3 is 5.73 Å². The molecule has 76 valence electrons. The molecule has 0 atom stereocenters. The van der Waals surface area contributed by atoms with E-state index >= 15 is 0 Å². The van der Waals surface area contributed by atoms with Gasteiger partial charge in [0.25, 0.3) is 0 Å². The normalized spacial score (nSPS) is 14.0. The number of carbonyl (C=O) groups is 1. The number of primary amides is 1. The Morgan fingerprint density at radius 2 is 1.93 bits per heavy atom. The summed E-state index contributed by atoms with van der Waals surface area (Å²) in [6.45, 7) is 3.71. The Bertz CT molecular complexity index is 457. The average Bonchev–Trinajstić information content (AvgIpc) is 2.27. The van der Waals surface area contributed by atoms with Crippen LogP contribution in [0.3, 0.4) is 0 Å². The molecule has 2 rings (SSSR count). The van der Waals surface area contributed by atoms with Gasteiger partial charge in [0, 0.05) is 5.57 Å². The number of carbonyl (C=O) groups excluding carboxylic acids is 1. The van der Waals surface area contributed by atoms with Crippen molar-refractivity contribution >= 4 is 5.91 Å². The molecule has 0 aliphatic heterocycles. The van der Waals surface area contributed by atoms with Gasteiger partial charge in [-0.2, -0.15) is 0 Å². The summed E-state index contributed by atoms with van der Waals surface area (Å²) in [4.78, 5) is 11.0. The molecule has 0 bridgehead atoms. The van der Waals surface area contributed by atoms with E-state index in [1.807, 2.05) is 18.2 Å². The van der Waals surface area contributed by atoms with Gasteiger partial charge in [0.2, 0.25) is 5.91 Å². The highest BCUT2D eigenvalue weighted by atomic mass is 16.1. The fourth-order valence-electron chi connectivity index (χ4n) is 1.83. The summed E-state index contributed by atoms with van der Waals surface area (Å²) < 4.78 is 0. The molecule has 0 fully saturated rings. The van der Waals surface area contributed by atoms with Crippen LogP contribution < -0.4 is 5.73 Å². The molecule has 1 aromatic carbocycles. The van der Waals surface area contributed by atoms with Gasteiger partial charge in [-0.3, -0.25) is 4.79 Å². The topological polar surface area (TPSA) is 43.1 Å². The third-order valence-corrected chi connectivity index (χ3v) is 2.75. The lowest BCUT2D eigenvalue weighted by Gasteiger charge is -2.17. The molecular formula is C13H13NO. The van der Waals surface area contributed by atoms with Crippen molar-refractivity contribution in [2.45, 2.75) is 12.8 Å². The molecule has 0 aromatic heterocycles. The second kappa shape index (κ2) is 3.73. The fraction of sp³-hybridized carbons (Fsp3) is 0.154. The number of hydrogen-bond donors (Lipinski definition) is 1. The van der Waals surface area contributed by atoms with Crippen molar-refractivity contribution in [3.05, 3.63) is 59.2 Å². The summed E-state index contributed by atoms with van der Waals surface area (Å²) in [5.74, 6) is -0.430. The van der Waals surface area contributed by atoms with Crippen LogP contribution in [0.25, 0.3) is 0 Å². The van der Waals surface area contributed by atoms with E-state index in [9.17, 15) is 4.79 Å². The predicted octanol–water partition coefficient (Wildman–Crippen LogP) is 1.75. The second-order valence-electron chi connectivity index (χ2n) is 3.72. The molecule has 0 unspecified atom stereocenters. The third kappa shape index (κ3) is 1.84. The molecule has 0 heterocycles. The summed E-state index contributed by atoms with van der Waals surface area (Å²) in [7, 11) is 0. The molecule has 1 aliphatic rings. The number of benzene rings is 1. The Morgan fingerprint density at radius 1 is 1.27 bits per heavy atom. The van der Waals surface area contributed by atoms with Gasteiger partial charge >= 0.3 is 0 Å². The molecule has 2 heteroatoms. The van der Waals surface area contributed by atoms with E-state index in [0.29, 0.717) is 5.57 Å². The highest BCUT2D eigenvalue weighted by molar-refractivity contribution is 5.96. The van der Waals surface area contributed by atoms with Crippen molar-refractivity contribution in [3.63, 3.8) is 0 Å². The number of nitrogens with two attached hydrogens (primary N) is 1. The second-order valence-corrected chi connectivity index (χ2v) is 3.72. The van der Waals surface area contributed by atoms with Gasteiger partial charge in [0.1, 0.15) is 0 Å². The molecule has 0 spiro atoms. The number of rotatable bonds is 2. The van der Waals surface area contributed by atoms with E-state index < -0.39 is 5.91 Å². The van der Waals surface area contributed by atoms with Gasteiger partial charge in [-0.1, -0.05) is 36.9 Å². The molecular weight excluding hydrogens is 186 g/mol. The van der Waals surface area contributed by atoms with Crippen LogP contribution >= 0.6 is 0 Å². The van der Waals surface area contributed by atoms with Crippen LogP contribution in [0.2, 0.25) is 0 Å². The smallest absolute Gasteiger partial charge is 0.248 e. The Balaban J connectivity index is 2.27. The highest BCUT2D eigenvalue weighted by Crippen LogP contribution is 2.24. The zero-order valence-electron chi connectivity index (χ0n) is 8.49. The maximum atomic E-state index is 11.0. The highest BCUT2D eigenvalue weighted by Gasteiger charge is 2.14. The molecule has 1 aliphatic carbocycles. The van der Waals surface area contributed by atoms with Crippen molar-refractivity contribution in [3.8, 4) is 0 Å². The predicted molar refractivity (Wildman–Crippen MR) is 60.3 cm³/mol. The first-order valence-corrected chi connectivity index (χ1v) is 4.93. The first-order chi connectivity index (χ1) is 7.18. The number of hydrogen-bond acceptors (Lipinski definition) is 1. The van der Waals surface area contributed by atoms with Gasteiger partial charge in [-0.15, -0.1) is 0 Å². The summed E-state index contributed by atoms with van der Waals surface area (Å²) in [6.07, 6.45) is 3.66. The molecule has 1 aromatic rings. The largest absolute Gasteiger partial charge is 0.366 e. The minimum atomic E-state index is -0.430. The molecule has 0 saturated carbocycles. The fourth-order valence-corrected chi connectivity index (χ4v) is 1.83. The maximum Gasteiger partial charge on any atom is 0.248 e.